The molecule has 1 N–H and O–H groups in total. The highest BCUT2D eigenvalue weighted by Crippen LogP contribution is 2.35. The number of ether oxygens (including phenoxy) is 2. The Bertz CT molecular complexity index is 680. The summed E-state index contributed by atoms with van der Waals surface area (Å²) in [5.41, 5.74) is 2.18. The number of hydrogen-bond donors (Lipinski definition) is 1. The molecule has 0 aliphatic carbocycles. The molecule has 3 rings (SSSR count). The van der Waals surface area contributed by atoms with Crippen molar-refractivity contribution in [2.24, 2.45) is 0 Å². The van der Waals surface area contributed by atoms with Crippen LogP contribution >= 0.6 is 15.9 Å². The number of halogens is 1. The Kier molecular flexibility index (Phi) is 3.02. The van der Waals surface area contributed by atoms with Gasteiger partial charge in [0.1, 0.15) is 6.07 Å². The van der Waals surface area contributed by atoms with Crippen molar-refractivity contribution in [3.8, 4) is 17.6 Å². The van der Waals surface area contributed by atoms with Crippen LogP contribution in [0, 0.1) is 11.3 Å². The second kappa shape index (κ2) is 4.82. The molecule has 19 heavy (non-hydrogen) atoms. The first-order chi connectivity index (χ1) is 9.26. The molecular formula is C14H9BrN2O2. The standard InChI is InChI=1S/C14H9BrN2O2/c15-10-2-1-9(7-16)12(5-10)17-11-3-4-13-14(6-11)19-8-18-13/h1-6,17H,8H2. The highest BCUT2D eigenvalue weighted by molar-refractivity contribution is 9.10. The van der Waals surface area contributed by atoms with E-state index in [1.165, 1.54) is 0 Å². The highest BCUT2D eigenvalue weighted by atomic mass is 79.9. The fourth-order valence-corrected chi connectivity index (χ4v) is 2.21. The van der Waals surface area contributed by atoms with Crippen LogP contribution in [0.3, 0.4) is 0 Å². The Labute approximate surface area is 118 Å². The number of nitrogens with one attached hydrogen (secondary N) is 1. The van der Waals surface area contributed by atoms with Gasteiger partial charge in [-0.3, -0.25) is 0 Å². The number of nitriles is 1. The number of rotatable bonds is 2. The maximum absolute atomic E-state index is 9.09. The smallest absolute Gasteiger partial charge is 0.231 e. The van der Waals surface area contributed by atoms with E-state index in [0.717, 1.165) is 21.6 Å². The Balaban J connectivity index is 1.93. The van der Waals surface area contributed by atoms with Gasteiger partial charge < -0.3 is 14.8 Å². The average Bonchev–Trinajstić information content (AvgIpc) is 2.86. The molecule has 2 aromatic rings. The van der Waals surface area contributed by atoms with Crippen LogP contribution in [0.5, 0.6) is 11.5 Å². The molecule has 0 aromatic heterocycles. The van der Waals surface area contributed by atoms with Crippen molar-refractivity contribution in [3.05, 3.63) is 46.4 Å². The van der Waals surface area contributed by atoms with Crippen molar-refractivity contribution >= 4 is 27.3 Å². The molecule has 4 nitrogen and oxygen atoms in total. The zero-order valence-corrected chi connectivity index (χ0v) is 11.4. The van der Waals surface area contributed by atoms with Gasteiger partial charge in [0.15, 0.2) is 11.5 Å². The molecule has 0 saturated heterocycles. The molecule has 0 unspecified atom stereocenters. The summed E-state index contributed by atoms with van der Waals surface area (Å²) in [5.74, 6) is 1.44. The summed E-state index contributed by atoms with van der Waals surface area (Å²) in [5, 5.41) is 12.3. The predicted octanol–water partition coefficient (Wildman–Crippen LogP) is 3.79. The van der Waals surface area contributed by atoms with Gasteiger partial charge >= 0.3 is 0 Å². The van der Waals surface area contributed by atoms with E-state index in [2.05, 4.69) is 27.3 Å². The van der Waals surface area contributed by atoms with Crippen LogP contribution in [0.4, 0.5) is 11.4 Å². The molecule has 0 fully saturated rings. The summed E-state index contributed by atoms with van der Waals surface area (Å²) in [4.78, 5) is 0. The van der Waals surface area contributed by atoms with Crippen molar-refractivity contribution in [3.63, 3.8) is 0 Å². The third kappa shape index (κ3) is 2.35. The van der Waals surface area contributed by atoms with Gasteiger partial charge in [-0.15, -0.1) is 0 Å². The Morgan fingerprint density at radius 2 is 1.95 bits per heavy atom. The number of anilines is 2. The van der Waals surface area contributed by atoms with E-state index in [-0.39, 0.29) is 6.79 Å². The SMILES string of the molecule is N#Cc1ccc(Br)cc1Nc1ccc2c(c1)OCO2. The molecule has 0 saturated carbocycles. The van der Waals surface area contributed by atoms with Crippen molar-refractivity contribution in [2.45, 2.75) is 0 Å². The number of nitrogens with zero attached hydrogens (tertiary/aromatic N) is 1. The molecule has 94 valence electrons. The van der Waals surface area contributed by atoms with Crippen molar-refractivity contribution in [2.75, 3.05) is 12.1 Å². The van der Waals surface area contributed by atoms with E-state index in [1.807, 2.05) is 30.3 Å². The molecule has 0 spiro atoms. The fourth-order valence-electron chi connectivity index (χ4n) is 1.85. The van der Waals surface area contributed by atoms with Crippen LogP contribution in [0.15, 0.2) is 40.9 Å². The average molecular weight is 317 g/mol. The second-order valence-corrected chi connectivity index (χ2v) is 4.91. The summed E-state index contributed by atoms with van der Waals surface area (Å²) in [6.07, 6.45) is 0. The molecule has 0 radical (unpaired) electrons. The van der Waals surface area contributed by atoms with Crippen LogP contribution < -0.4 is 14.8 Å². The van der Waals surface area contributed by atoms with E-state index in [1.54, 1.807) is 6.07 Å². The fraction of sp³-hybridized carbons (Fsp3) is 0.0714. The lowest BCUT2D eigenvalue weighted by molar-refractivity contribution is 0.174. The molecule has 2 aromatic carbocycles. The topological polar surface area (TPSA) is 54.3 Å². The zero-order valence-electron chi connectivity index (χ0n) is 9.81. The summed E-state index contributed by atoms with van der Waals surface area (Å²) in [6, 6.07) is 13.2. The molecule has 0 bridgehead atoms. The van der Waals surface area contributed by atoms with Gasteiger partial charge in [-0.2, -0.15) is 5.26 Å². The Hall–Kier alpha value is -2.19. The first kappa shape index (κ1) is 11.9. The third-order valence-corrected chi connectivity index (χ3v) is 3.25. The van der Waals surface area contributed by atoms with Gasteiger partial charge in [-0.25, -0.2) is 0 Å². The van der Waals surface area contributed by atoms with Gasteiger partial charge in [0.05, 0.1) is 11.3 Å². The maximum atomic E-state index is 9.09. The van der Waals surface area contributed by atoms with Gasteiger partial charge in [-0.1, -0.05) is 15.9 Å². The van der Waals surface area contributed by atoms with Crippen molar-refractivity contribution < 1.29 is 9.47 Å². The largest absolute Gasteiger partial charge is 0.454 e. The van der Waals surface area contributed by atoms with E-state index in [4.69, 9.17) is 14.7 Å². The van der Waals surface area contributed by atoms with Gasteiger partial charge in [0.2, 0.25) is 6.79 Å². The van der Waals surface area contributed by atoms with Crippen LogP contribution in [0.1, 0.15) is 5.56 Å². The number of hydrogen-bond acceptors (Lipinski definition) is 4. The van der Waals surface area contributed by atoms with E-state index in [9.17, 15) is 0 Å². The van der Waals surface area contributed by atoms with Gasteiger partial charge in [0.25, 0.3) is 0 Å². The van der Waals surface area contributed by atoms with Gasteiger partial charge in [0, 0.05) is 16.2 Å². The van der Waals surface area contributed by atoms with Crippen LogP contribution in [0.2, 0.25) is 0 Å². The minimum atomic E-state index is 0.249. The molecule has 5 heteroatoms. The minimum absolute atomic E-state index is 0.249. The van der Waals surface area contributed by atoms with Crippen molar-refractivity contribution in [1.29, 1.82) is 5.26 Å². The van der Waals surface area contributed by atoms with Crippen molar-refractivity contribution in [1.82, 2.24) is 0 Å². The Morgan fingerprint density at radius 3 is 2.79 bits per heavy atom. The highest BCUT2D eigenvalue weighted by Gasteiger charge is 2.13. The molecular weight excluding hydrogens is 308 g/mol. The monoisotopic (exact) mass is 316 g/mol. The van der Waals surface area contributed by atoms with E-state index in [0.29, 0.717) is 11.3 Å². The summed E-state index contributed by atoms with van der Waals surface area (Å²) in [7, 11) is 0. The lowest BCUT2D eigenvalue weighted by Crippen LogP contribution is -1.94. The normalized spacial score (nSPS) is 12.0. The molecule has 0 atom stereocenters. The lowest BCUT2D eigenvalue weighted by atomic mass is 10.2. The first-order valence-electron chi connectivity index (χ1n) is 5.62. The zero-order chi connectivity index (χ0) is 13.2. The minimum Gasteiger partial charge on any atom is -0.454 e. The lowest BCUT2D eigenvalue weighted by Gasteiger charge is -2.09. The molecule has 1 aliphatic heterocycles. The van der Waals surface area contributed by atoms with Gasteiger partial charge in [-0.05, 0) is 30.3 Å². The second-order valence-electron chi connectivity index (χ2n) is 3.99. The molecule has 1 heterocycles. The quantitative estimate of drug-likeness (QED) is 0.915. The summed E-state index contributed by atoms with van der Waals surface area (Å²) < 4.78 is 11.5. The van der Waals surface area contributed by atoms with E-state index < -0.39 is 0 Å². The first-order valence-corrected chi connectivity index (χ1v) is 6.42. The molecule has 0 amide bonds. The van der Waals surface area contributed by atoms with Crippen LogP contribution in [-0.2, 0) is 0 Å². The third-order valence-electron chi connectivity index (χ3n) is 2.75. The maximum Gasteiger partial charge on any atom is 0.231 e. The van der Waals surface area contributed by atoms with Crippen LogP contribution in [0.25, 0.3) is 0 Å². The van der Waals surface area contributed by atoms with Crippen LogP contribution in [-0.4, -0.2) is 6.79 Å². The predicted molar refractivity (Wildman–Crippen MR) is 74.7 cm³/mol. The van der Waals surface area contributed by atoms with E-state index >= 15 is 0 Å². The summed E-state index contributed by atoms with van der Waals surface area (Å²) >= 11 is 3.39. The Morgan fingerprint density at radius 1 is 1.11 bits per heavy atom. The molecule has 1 aliphatic rings. The number of benzene rings is 2. The number of fused-ring (bicyclic) bond motifs is 1. The summed E-state index contributed by atoms with van der Waals surface area (Å²) in [6.45, 7) is 0.249.